The zero-order valence-electron chi connectivity index (χ0n) is 11.8. The molecule has 1 atom stereocenters. The van der Waals surface area contributed by atoms with E-state index in [9.17, 15) is 19.5 Å². The van der Waals surface area contributed by atoms with Crippen molar-refractivity contribution in [3.8, 4) is 0 Å². The van der Waals surface area contributed by atoms with Gasteiger partial charge in [0, 0.05) is 32.5 Å². The SMILES string of the molecule is NC(=O)CC1CCN(C(=O)NC2(C(=O)O)CCOC2)CC1. The van der Waals surface area contributed by atoms with E-state index in [1.165, 1.54) is 0 Å². The van der Waals surface area contributed by atoms with Crippen LogP contribution in [0.25, 0.3) is 0 Å². The number of likely N-dealkylation sites (tertiary alicyclic amines) is 1. The van der Waals surface area contributed by atoms with E-state index in [1.807, 2.05) is 0 Å². The van der Waals surface area contributed by atoms with E-state index in [1.54, 1.807) is 4.90 Å². The molecule has 0 aromatic carbocycles. The molecule has 0 aliphatic carbocycles. The maximum absolute atomic E-state index is 12.2. The lowest BCUT2D eigenvalue weighted by molar-refractivity contribution is -0.144. The number of urea groups is 1. The molecule has 8 nitrogen and oxygen atoms in total. The Hall–Kier alpha value is -1.83. The number of amides is 3. The number of rotatable bonds is 4. The quantitative estimate of drug-likeness (QED) is 0.647. The molecule has 2 aliphatic rings. The second-order valence-corrected chi connectivity index (χ2v) is 5.72. The number of carboxylic acids is 1. The van der Waals surface area contributed by atoms with Crippen LogP contribution in [0, 0.1) is 5.92 Å². The summed E-state index contributed by atoms with van der Waals surface area (Å²) in [5, 5.41) is 11.9. The summed E-state index contributed by atoms with van der Waals surface area (Å²) < 4.78 is 5.11. The van der Waals surface area contributed by atoms with Gasteiger partial charge in [-0.25, -0.2) is 9.59 Å². The maximum atomic E-state index is 12.2. The van der Waals surface area contributed by atoms with Crippen LogP contribution in [-0.2, 0) is 14.3 Å². The van der Waals surface area contributed by atoms with E-state index >= 15 is 0 Å². The molecule has 1 unspecified atom stereocenters. The van der Waals surface area contributed by atoms with E-state index < -0.39 is 11.5 Å². The number of carbonyl (C=O) groups excluding carboxylic acids is 2. The highest BCUT2D eigenvalue weighted by molar-refractivity contribution is 5.86. The summed E-state index contributed by atoms with van der Waals surface area (Å²) in [6.07, 6.45) is 2.01. The normalized spacial score (nSPS) is 26.6. The van der Waals surface area contributed by atoms with Crippen LogP contribution in [0.2, 0.25) is 0 Å². The molecule has 0 spiro atoms. The molecule has 0 saturated carbocycles. The van der Waals surface area contributed by atoms with Crippen molar-refractivity contribution in [2.75, 3.05) is 26.3 Å². The van der Waals surface area contributed by atoms with E-state index in [2.05, 4.69) is 5.32 Å². The molecule has 8 heteroatoms. The van der Waals surface area contributed by atoms with E-state index in [0.29, 0.717) is 39.0 Å². The van der Waals surface area contributed by atoms with Crippen LogP contribution in [0.3, 0.4) is 0 Å². The average molecular weight is 299 g/mol. The zero-order chi connectivity index (χ0) is 15.5. The number of piperidine rings is 1. The second-order valence-electron chi connectivity index (χ2n) is 5.72. The minimum absolute atomic E-state index is 0.00772. The maximum Gasteiger partial charge on any atom is 0.332 e. The van der Waals surface area contributed by atoms with Crippen LogP contribution < -0.4 is 11.1 Å². The second kappa shape index (κ2) is 6.30. The smallest absolute Gasteiger partial charge is 0.332 e. The van der Waals surface area contributed by atoms with Crippen molar-refractivity contribution in [2.45, 2.75) is 31.2 Å². The van der Waals surface area contributed by atoms with Crippen LogP contribution in [0.4, 0.5) is 4.79 Å². The summed E-state index contributed by atoms with van der Waals surface area (Å²) in [5.41, 5.74) is 3.85. The Bertz CT molecular complexity index is 426. The van der Waals surface area contributed by atoms with Crippen molar-refractivity contribution in [3.63, 3.8) is 0 Å². The van der Waals surface area contributed by atoms with Gasteiger partial charge in [-0.2, -0.15) is 0 Å². The predicted octanol–water partition coefficient (Wildman–Crippen LogP) is -0.473. The van der Waals surface area contributed by atoms with Gasteiger partial charge in [-0.3, -0.25) is 4.79 Å². The summed E-state index contributed by atoms with van der Waals surface area (Å²) in [7, 11) is 0. The fraction of sp³-hybridized carbons (Fsp3) is 0.769. The third kappa shape index (κ3) is 3.63. The topological polar surface area (TPSA) is 122 Å². The van der Waals surface area contributed by atoms with Gasteiger partial charge in [-0.1, -0.05) is 0 Å². The third-order valence-electron chi connectivity index (χ3n) is 4.17. The Kier molecular flexibility index (Phi) is 4.66. The van der Waals surface area contributed by atoms with Crippen LogP contribution in [0.1, 0.15) is 25.7 Å². The van der Waals surface area contributed by atoms with Crippen LogP contribution in [-0.4, -0.2) is 59.8 Å². The molecular formula is C13H21N3O5. The minimum Gasteiger partial charge on any atom is -0.479 e. The molecule has 0 radical (unpaired) electrons. The fourth-order valence-electron chi connectivity index (χ4n) is 2.79. The first-order valence-corrected chi connectivity index (χ1v) is 7.09. The highest BCUT2D eigenvalue weighted by Gasteiger charge is 2.44. The molecule has 2 aliphatic heterocycles. The standard InChI is InChI=1S/C13H21N3O5/c14-10(17)7-9-1-4-16(5-2-9)12(20)15-13(11(18)19)3-6-21-8-13/h9H,1-8H2,(H2,14,17)(H,15,20)(H,18,19). The number of hydrogen-bond donors (Lipinski definition) is 3. The summed E-state index contributed by atoms with van der Waals surface area (Å²) in [6, 6.07) is -0.388. The molecule has 2 heterocycles. The van der Waals surface area contributed by atoms with Gasteiger partial charge in [0.2, 0.25) is 5.91 Å². The van der Waals surface area contributed by atoms with E-state index in [-0.39, 0.29) is 30.9 Å². The van der Waals surface area contributed by atoms with Gasteiger partial charge in [-0.05, 0) is 18.8 Å². The Morgan fingerprint density at radius 1 is 1.33 bits per heavy atom. The predicted molar refractivity (Wildman–Crippen MR) is 72.4 cm³/mol. The van der Waals surface area contributed by atoms with E-state index in [4.69, 9.17) is 10.5 Å². The number of primary amides is 1. The Morgan fingerprint density at radius 3 is 2.48 bits per heavy atom. The Morgan fingerprint density at radius 2 is 2.00 bits per heavy atom. The monoisotopic (exact) mass is 299 g/mol. The van der Waals surface area contributed by atoms with Crippen molar-refractivity contribution in [1.82, 2.24) is 10.2 Å². The molecule has 2 fully saturated rings. The van der Waals surface area contributed by atoms with Crippen molar-refractivity contribution in [2.24, 2.45) is 11.7 Å². The van der Waals surface area contributed by atoms with Gasteiger partial charge in [0.25, 0.3) is 0 Å². The van der Waals surface area contributed by atoms with Crippen molar-refractivity contribution in [1.29, 1.82) is 0 Å². The van der Waals surface area contributed by atoms with E-state index in [0.717, 1.165) is 0 Å². The number of aliphatic carboxylic acids is 1. The van der Waals surface area contributed by atoms with Crippen molar-refractivity contribution < 1.29 is 24.2 Å². The molecule has 0 aromatic heterocycles. The average Bonchev–Trinajstić information content (AvgIpc) is 2.88. The third-order valence-corrected chi connectivity index (χ3v) is 4.17. The lowest BCUT2D eigenvalue weighted by Gasteiger charge is -2.34. The molecule has 118 valence electrons. The summed E-state index contributed by atoms with van der Waals surface area (Å²) >= 11 is 0. The first kappa shape index (κ1) is 15.6. The lowest BCUT2D eigenvalue weighted by Crippen LogP contribution is -2.59. The largest absolute Gasteiger partial charge is 0.479 e. The molecule has 4 N–H and O–H groups in total. The molecule has 3 amide bonds. The highest BCUT2D eigenvalue weighted by atomic mass is 16.5. The highest BCUT2D eigenvalue weighted by Crippen LogP contribution is 2.22. The molecular weight excluding hydrogens is 278 g/mol. The molecule has 0 aromatic rings. The molecule has 21 heavy (non-hydrogen) atoms. The van der Waals surface area contributed by atoms with Crippen LogP contribution in [0.15, 0.2) is 0 Å². The lowest BCUT2D eigenvalue weighted by atomic mass is 9.93. The number of nitrogens with two attached hydrogens (primary N) is 1. The van der Waals surface area contributed by atoms with Gasteiger partial charge >= 0.3 is 12.0 Å². The van der Waals surface area contributed by atoms with Gasteiger partial charge in [0.15, 0.2) is 5.54 Å². The summed E-state index contributed by atoms with van der Waals surface area (Å²) in [4.78, 5) is 36.0. The molecule has 0 bridgehead atoms. The number of nitrogens with one attached hydrogen (secondary N) is 1. The minimum atomic E-state index is -1.32. The zero-order valence-corrected chi connectivity index (χ0v) is 11.8. The van der Waals surface area contributed by atoms with Gasteiger partial charge in [0.1, 0.15) is 0 Å². The summed E-state index contributed by atoms with van der Waals surface area (Å²) in [6.45, 7) is 1.32. The van der Waals surface area contributed by atoms with Crippen LogP contribution in [0.5, 0.6) is 0 Å². The Labute approximate surface area is 122 Å². The fourth-order valence-corrected chi connectivity index (χ4v) is 2.79. The molecule has 2 saturated heterocycles. The van der Waals surface area contributed by atoms with Crippen molar-refractivity contribution in [3.05, 3.63) is 0 Å². The number of hydrogen-bond acceptors (Lipinski definition) is 4. The van der Waals surface area contributed by atoms with Crippen molar-refractivity contribution >= 4 is 17.9 Å². The van der Waals surface area contributed by atoms with Gasteiger partial charge in [0.05, 0.1) is 6.61 Å². The molecule has 2 rings (SSSR count). The number of ether oxygens (including phenoxy) is 1. The van der Waals surface area contributed by atoms with Gasteiger partial charge < -0.3 is 25.8 Å². The first-order valence-electron chi connectivity index (χ1n) is 7.09. The number of carbonyl (C=O) groups is 3. The Balaban J connectivity index is 1.87. The van der Waals surface area contributed by atoms with Gasteiger partial charge in [-0.15, -0.1) is 0 Å². The first-order chi connectivity index (χ1) is 9.93. The number of nitrogens with zero attached hydrogens (tertiary/aromatic N) is 1. The van der Waals surface area contributed by atoms with Crippen LogP contribution >= 0.6 is 0 Å². The summed E-state index contributed by atoms with van der Waals surface area (Å²) in [5.74, 6) is -1.20. The number of carboxylic acid groups (broad SMARTS) is 1.